The fraction of sp³-hybridized carbons (Fsp3) is 0.571. The zero-order valence-electron chi connectivity index (χ0n) is 15.8. The summed E-state index contributed by atoms with van der Waals surface area (Å²) in [5.41, 5.74) is 1.72. The minimum absolute atomic E-state index is 0.224. The monoisotopic (exact) mass is 364 g/mol. The molecule has 146 valence electrons. The lowest BCUT2D eigenvalue weighted by molar-refractivity contribution is -0.140. The second-order valence-electron chi connectivity index (χ2n) is 6.57. The summed E-state index contributed by atoms with van der Waals surface area (Å²) in [6.07, 6.45) is 5.80. The zero-order valence-corrected chi connectivity index (χ0v) is 15.8. The lowest BCUT2D eigenvalue weighted by atomic mass is 10.0. The van der Waals surface area contributed by atoms with Gasteiger partial charge in [0.2, 0.25) is 0 Å². The van der Waals surface area contributed by atoms with E-state index < -0.39 is 18.3 Å². The van der Waals surface area contributed by atoms with Crippen LogP contribution in [0.25, 0.3) is 6.08 Å². The summed E-state index contributed by atoms with van der Waals surface area (Å²) < 4.78 is 4.54. The highest BCUT2D eigenvalue weighted by molar-refractivity contribution is 5.69. The van der Waals surface area contributed by atoms with E-state index in [4.69, 9.17) is 0 Å². The standard InChI is InChI=1S/C21H32O5/c1-3-4-5-10-18(22)17-9-6-8-16(15-17)13-14-20(24)19(23)11-7-12-21(25)26-2/h6,8-9,13-15,18-20,22-24H,3-5,7,10-12H2,1-2H3/b14-13+/t18-,19-,20+/m0/s1. The molecule has 3 atom stereocenters. The third-order valence-electron chi connectivity index (χ3n) is 4.37. The van der Waals surface area contributed by atoms with E-state index in [0.717, 1.165) is 36.8 Å². The van der Waals surface area contributed by atoms with Crippen LogP contribution in [0.3, 0.4) is 0 Å². The number of methoxy groups -OCH3 is 1. The third kappa shape index (κ3) is 8.61. The van der Waals surface area contributed by atoms with Gasteiger partial charge in [0.05, 0.1) is 25.4 Å². The van der Waals surface area contributed by atoms with E-state index >= 15 is 0 Å². The molecule has 1 aromatic carbocycles. The van der Waals surface area contributed by atoms with Crippen LogP contribution in [0.15, 0.2) is 30.3 Å². The number of unbranched alkanes of at least 4 members (excludes halogenated alkanes) is 2. The van der Waals surface area contributed by atoms with E-state index in [1.54, 1.807) is 6.08 Å². The molecule has 0 bridgehead atoms. The minimum atomic E-state index is -1.01. The summed E-state index contributed by atoms with van der Waals surface area (Å²) >= 11 is 0. The number of ether oxygens (including phenoxy) is 1. The van der Waals surface area contributed by atoms with Crippen molar-refractivity contribution in [3.05, 3.63) is 41.5 Å². The predicted molar refractivity (Wildman–Crippen MR) is 102 cm³/mol. The number of hydrogen-bond donors (Lipinski definition) is 3. The van der Waals surface area contributed by atoms with E-state index in [1.165, 1.54) is 13.2 Å². The van der Waals surface area contributed by atoms with Gasteiger partial charge in [0.15, 0.2) is 0 Å². The Balaban J connectivity index is 2.53. The van der Waals surface area contributed by atoms with Crippen LogP contribution in [-0.4, -0.2) is 40.6 Å². The van der Waals surface area contributed by atoms with E-state index in [9.17, 15) is 20.1 Å². The molecule has 0 aliphatic rings. The lowest BCUT2D eigenvalue weighted by Gasteiger charge is -2.14. The molecule has 0 fully saturated rings. The molecule has 0 saturated carbocycles. The highest BCUT2D eigenvalue weighted by Gasteiger charge is 2.14. The van der Waals surface area contributed by atoms with Gasteiger partial charge in [-0.15, -0.1) is 0 Å². The molecule has 0 heterocycles. The Labute approximate surface area is 156 Å². The Bertz CT molecular complexity index is 555. The van der Waals surface area contributed by atoms with Gasteiger partial charge in [-0.2, -0.15) is 0 Å². The van der Waals surface area contributed by atoms with Gasteiger partial charge >= 0.3 is 5.97 Å². The lowest BCUT2D eigenvalue weighted by Crippen LogP contribution is -2.23. The van der Waals surface area contributed by atoms with Crippen LogP contribution >= 0.6 is 0 Å². The van der Waals surface area contributed by atoms with Gasteiger partial charge < -0.3 is 20.1 Å². The number of benzene rings is 1. The fourth-order valence-electron chi connectivity index (χ4n) is 2.69. The summed E-state index contributed by atoms with van der Waals surface area (Å²) in [5.74, 6) is -0.323. The van der Waals surface area contributed by atoms with Gasteiger partial charge in [-0.05, 0) is 36.5 Å². The third-order valence-corrected chi connectivity index (χ3v) is 4.37. The Hall–Kier alpha value is -1.69. The van der Waals surface area contributed by atoms with Crippen molar-refractivity contribution in [1.82, 2.24) is 0 Å². The van der Waals surface area contributed by atoms with Crippen molar-refractivity contribution in [3.8, 4) is 0 Å². The van der Waals surface area contributed by atoms with Crippen LogP contribution in [0, 0.1) is 0 Å². The normalized spacial score (nSPS) is 15.0. The van der Waals surface area contributed by atoms with Crippen molar-refractivity contribution in [2.24, 2.45) is 0 Å². The molecule has 3 N–H and O–H groups in total. The maximum absolute atomic E-state index is 11.0. The van der Waals surface area contributed by atoms with Crippen molar-refractivity contribution in [2.75, 3.05) is 7.11 Å². The Morgan fingerprint density at radius 2 is 1.92 bits per heavy atom. The van der Waals surface area contributed by atoms with Crippen molar-refractivity contribution >= 4 is 12.0 Å². The molecule has 5 heteroatoms. The first kappa shape index (κ1) is 22.4. The number of carbonyl (C=O) groups excluding carboxylic acids is 1. The summed E-state index contributed by atoms with van der Waals surface area (Å²) in [6, 6.07) is 7.54. The molecule has 0 unspecified atom stereocenters. The SMILES string of the molecule is CCCCC[C@H](O)c1cccc(/C=C/[C@@H](O)[C@@H](O)CCCC(=O)OC)c1. The van der Waals surface area contributed by atoms with Gasteiger partial charge in [0.25, 0.3) is 0 Å². The molecule has 0 aliphatic carbocycles. The molecular formula is C21H32O5. The van der Waals surface area contributed by atoms with E-state index in [-0.39, 0.29) is 12.4 Å². The van der Waals surface area contributed by atoms with Crippen molar-refractivity contribution in [1.29, 1.82) is 0 Å². The molecule has 1 aromatic rings. The van der Waals surface area contributed by atoms with Gasteiger partial charge in [-0.1, -0.05) is 56.5 Å². The maximum Gasteiger partial charge on any atom is 0.305 e. The molecule has 5 nitrogen and oxygen atoms in total. The summed E-state index contributed by atoms with van der Waals surface area (Å²) in [4.78, 5) is 11.0. The first-order valence-corrected chi connectivity index (χ1v) is 9.37. The molecule has 0 aliphatic heterocycles. The first-order chi connectivity index (χ1) is 12.5. The Morgan fingerprint density at radius 1 is 1.15 bits per heavy atom. The van der Waals surface area contributed by atoms with Crippen molar-refractivity contribution < 1.29 is 24.9 Å². The molecule has 0 saturated heterocycles. The Morgan fingerprint density at radius 3 is 2.62 bits per heavy atom. The van der Waals surface area contributed by atoms with E-state index in [2.05, 4.69) is 11.7 Å². The smallest absolute Gasteiger partial charge is 0.305 e. The summed E-state index contributed by atoms with van der Waals surface area (Å²) in [6.45, 7) is 2.13. The summed E-state index contributed by atoms with van der Waals surface area (Å²) in [5, 5.41) is 30.2. The van der Waals surface area contributed by atoms with Crippen molar-refractivity contribution in [2.45, 2.75) is 70.2 Å². The molecule has 1 rings (SSSR count). The highest BCUT2D eigenvalue weighted by atomic mass is 16.5. The minimum Gasteiger partial charge on any atom is -0.469 e. The molecule has 0 aromatic heterocycles. The van der Waals surface area contributed by atoms with Crippen LogP contribution in [-0.2, 0) is 9.53 Å². The number of aliphatic hydroxyl groups excluding tert-OH is 3. The van der Waals surface area contributed by atoms with E-state index in [1.807, 2.05) is 24.3 Å². The molecule has 0 radical (unpaired) electrons. The largest absolute Gasteiger partial charge is 0.469 e. The average molecular weight is 364 g/mol. The van der Waals surface area contributed by atoms with Crippen LogP contribution in [0.5, 0.6) is 0 Å². The van der Waals surface area contributed by atoms with Gasteiger partial charge in [0.1, 0.15) is 0 Å². The zero-order chi connectivity index (χ0) is 19.4. The van der Waals surface area contributed by atoms with Crippen molar-refractivity contribution in [3.63, 3.8) is 0 Å². The van der Waals surface area contributed by atoms with Gasteiger partial charge in [-0.3, -0.25) is 4.79 Å². The topological polar surface area (TPSA) is 87.0 Å². The quantitative estimate of drug-likeness (QED) is 0.391. The van der Waals surface area contributed by atoms with Gasteiger partial charge in [0, 0.05) is 6.42 Å². The fourth-order valence-corrected chi connectivity index (χ4v) is 2.69. The molecule has 0 spiro atoms. The number of rotatable bonds is 12. The second-order valence-corrected chi connectivity index (χ2v) is 6.57. The average Bonchev–Trinajstić information content (AvgIpc) is 2.66. The predicted octanol–water partition coefficient (Wildman–Crippen LogP) is 3.38. The van der Waals surface area contributed by atoms with Crippen LogP contribution < -0.4 is 0 Å². The first-order valence-electron chi connectivity index (χ1n) is 9.37. The van der Waals surface area contributed by atoms with Gasteiger partial charge in [-0.25, -0.2) is 0 Å². The Kier molecular flexibility index (Phi) is 10.9. The maximum atomic E-state index is 11.0. The van der Waals surface area contributed by atoms with Crippen LogP contribution in [0.2, 0.25) is 0 Å². The number of carbonyl (C=O) groups is 1. The number of hydrogen-bond acceptors (Lipinski definition) is 5. The number of esters is 1. The van der Waals surface area contributed by atoms with Crippen LogP contribution in [0.4, 0.5) is 0 Å². The molecular weight excluding hydrogens is 332 g/mol. The number of aliphatic hydroxyl groups is 3. The highest BCUT2D eigenvalue weighted by Crippen LogP contribution is 2.21. The van der Waals surface area contributed by atoms with E-state index in [0.29, 0.717) is 12.8 Å². The molecule has 0 amide bonds. The molecule has 26 heavy (non-hydrogen) atoms. The van der Waals surface area contributed by atoms with Crippen LogP contribution in [0.1, 0.15) is 69.1 Å². The second kappa shape index (κ2) is 12.6. The summed E-state index contributed by atoms with van der Waals surface area (Å²) in [7, 11) is 1.32.